The predicted molar refractivity (Wildman–Crippen MR) is 64.0 cm³/mol. The molecule has 0 saturated heterocycles. The van der Waals surface area contributed by atoms with E-state index in [2.05, 4.69) is 4.74 Å². The molecule has 0 fully saturated rings. The van der Waals surface area contributed by atoms with Gasteiger partial charge in [-0.3, -0.25) is 14.4 Å². The van der Waals surface area contributed by atoms with E-state index < -0.39 is 23.3 Å². The van der Waals surface area contributed by atoms with Crippen molar-refractivity contribution in [3.63, 3.8) is 0 Å². The van der Waals surface area contributed by atoms with Gasteiger partial charge in [-0.05, 0) is 20.8 Å². The molecule has 0 heterocycles. The minimum atomic E-state index is -1.58. The molecule has 110 valence electrons. The predicted octanol–water partition coefficient (Wildman–Crippen LogP) is 0.656. The molecule has 0 spiro atoms. The highest BCUT2D eigenvalue weighted by atomic mass is 16.7. The van der Waals surface area contributed by atoms with Crippen LogP contribution in [0.4, 0.5) is 0 Å². The van der Waals surface area contributed by atoms with Crippen LogP contribution in [0.25, 0.3) is 0 Å². The van der Waals surface area contributed by atoms with E-state index in [0.29, 0.717) is 0 Å². The second kappa shape index (κ2) is 8.47. The van der Waals surface area contributed by atoms with Crippen molar-refractivity contribution in [3.05, 3.63) is 0 Å². The van der Waals surface area contributed by atoms with Crippen LogP contribution in [0, 0.1) is 5.41 Å². The van der Waals surface area contributed by atoms with Crippen LogP contribution in [0.5, 0.6) is 0 Å². The van der Waals surface area contributed by atoms with Crippen molar-refractivity contribution >= 4 is 17.9 Å². The Hall–Kier alpha value is -1.63. The zero-order chi connectivity index (χ0) is 14.9. The number of carbonyl (C=O) groups excluding carboxylic acids is 3. The lowest BCUT2D eigenvalue weighted by Crippen LogP contribution is -2.43. The summed E-state index contributed by atoms with van der Waals surface area (Å²) in [5, 5.41) is 0. The van der Waals surface area contributed by atoms with Gasteiger partial charge < -0.3 is 18.9 Å². The highest BCUT2D eigenvalue weighted by molar-refractivity contribution is 5.99. The minimum Gasteiger partial charge on any atom is -0.465 e. The summed E-state index contributed by atoms with van der Waals surface area (Å²) in [7, 11) is 0. The van der Waals surface area contributed by atoms with Gasteiger partial charge in [-0.2, -0.15) is 0 Å². The normalized spacial score (nSPS) is 10.7. The smallest absolute Gasteiger partial charge is 0.325 e. The molecular weight excluding hydrogens is 256 g/mol. The molecule has 0 unspecified atom stereocenters. The molecule has 0 N–H and O–H groups in total. The van der Waals surface area contributed by atoms with Crippen molar-refractivity contribution in [2.45, 2.75) is 27.7 Å². The molecule has 0 bridgehead atoms. The van der Waals surface area contributed by atoms with Gasteiger partial charge in [-0.25, -0.2) is 0 Å². The Morgan fingerprint density at radius 1 is 0.947 bits per heavy atom. The zero-order valence-corrected chi connectivity index (χ0v) is 11.7. The largest absolute Gasteiger partial charge is 0.465 e. The molecule has 0 amide bonds. The van der Waals surface area contributed by atoms with Crippen molar-refractivity contribution in [2.24, 2.45) is 5.41 Å². The first-order chi connectivity index (χ1) is 8.88. The first kappa shape index (κ1) is 17.4. The standard InChI is InChI=1S/C12H20O7/c1-5-17-10(14)12(4,11(15)18-6-2)7-16-8-19-9(3)13/h5-8H2,1-4H3. The van der Waals surface area contributed by atoms with Gasteiger partial charge in [-0.15, -0.1) is 0 Å². The summed E-state index contributed by atoms with van der Waals surface area (Å²) < 4.78 is 19.2. The Morgan fingerprint density at radius 2 is 1.42 bits per heavy atom. The first-order valence-electron chi connectivity index (χ1n) is 5.94. The molecule has 0 aromatic rings. The molecule has 0 aliphatic carbocycles. The number of esters is 3. The summed E-state index contributed by atoms with van der Waals surface area (Å²) >= 11 is 0. The third kappa shape index (κ3) is 5.69. The lowest BCUT2D eigenvalue weighted by molar-refractivity contribution is -0.179. The van der Waals surface area contributed by atoms with Gasteiger partial charge in [0.05, 0.1) is 19.8 Å². The molecular formula is C12H20O7. The van der Waals surface area contributed by atoms with Crippen LogP contribution >= 0.6 is 0 Å². The van der Waals surface area contributed by atoms with Crippen LogP contribution in [-0.2, 0) is 33.3 Å². The monoisotopic (exact) mass is 276 g/mol. The fourth-order valence-electron chi connectivity index (χ4n) is 1.15. The number of hydrogen-bond donors (Lipinski definition) is 0. The maximum atomic E-state index is 11.8. The molecule has 0 saturated carbocycles. The van der Waals surface area contributed by atoms with E-state index in [-0.39, 0.29) is 26.6 Å². The fraction of sp³-hybridized carbons (Fsp3) is 0.750. The molecule has 7 nitrogen and oxygen atoms in total. The van der Waals surface area contributed by atoms with Crippen molar-refractivity contribution < 1.29 is 33.3 Å². The first-order valence-corrected chi connectivity index (χ1v) is 5.94. The zero-order valence-electron chi connectivity index (χ0n) is 11.7. The van der Waals surface area contributed by atoms with E-state index in [1.54, 1.807) is 13.8 Å². The van der Waals surface area contributed by atoms with Crippen LogP contribution in [0.15, 0.2) is 0 Å². The Bertz CT molecular complexity index is 306. The summed E-state index contributed by atoms with van der Waals surface area (Å²) in [4.78, 5) is 34.2. The van der Waals surface area contributed by atoms with Crippen LogP contribution in [-0.4, -0.2) is 44.5 Å². The molecule has 0 radical (unpaired) electrons. The van der Waals surface area contributed by atoms with Gasteiger partial charge in [0.25, 0.3) is 0 Å². The van der Waals surface area contributed by atoms with Crippen LogP contribution in [0.1, 0.15) is 27.7 Å². The summed E-state index contributed by atoms with van der Waals surface area (Å²) in [6, 6.07) is 0. The lowest BCUT2D eigenvalue weighted by Gasteiger charge is -2.24. The second-order valence-electron chi connectivity index (χ2n) is 3.88. The summed E-state index contributed by atoms with van der Waals surface area (Å²) in [5.74, 6) is -2.00. The van der Waals surface area contributed by atoms with Gasteiger partial charge in [-0.1, -0.05) is 0 Å². The summed E-state index contributed by atoms with van der Waals surface area (Å²) in [6.07, 6.45) is 0. The van der Waals surface area contributed by atoms with Crippen LogP contribution in [0.3, 0.4) is 0 Å². The highest BCUT2D eigenvalue weighted by Crippen LogP contribution is 2.21. The SMILES string of the molecule is CCOC(=O)C(C)(COCOC(C)=O)C(=O)OCC. The number of ether oxygens (including phenoxy) is 4. The maximum absolute atomic E-state index is 11.8. The molecule has 0 aliphatic rings. The third-order valence-corrected chi connectivity index (χ3v) is 2.19. The number of rotatable bonds is 8. The average Bonchev–Trinajstić information content (AvgIpc) is 2.34. The van der Waals surface area contributed by atoms with E-state index in [1.165, 1.54) is 13.8 Å². The molecule has 0 aromatic heterocycles. The molecule has 0 aliphatic heterocycles. The van der Waals surface area contributed by atoms with Gasteiger partial charge in [0, 0.05) is 6.92 Å². The molecule has 0 atom stereocenters. The Morgan fingerprint density at radius 3 is 1.79 bits per heavy atom. The van der Waals surface area contributed by atoms with Crippen LogP contribution < -0.4 is 0 Å². The van der Waals surface area contributed by atoms with E-state index in [0.717, 1.165) is 0 Å². The molecule has 7 heteroatoms. The average molecular weight is 276 g/mol. The van der Waals surface area contributed by atoms with E-state index in [9.17, 15) is 14.4 Å². The minimum absolute atomic E-state index is 0.137. The van der Waals surface area contributed by atoms with E-state index in [1.807, 2.05) is 0 Å². The van der Waals surface area contributed by atoms with Gasteiger partial charge >= 0.3 is 17.9 Å². The Balaban J connectivity index is 4.61. The van der Waals surface area contributed by atoms with Crippen molar-refractivity contribution in [2.75, 3.05) is 26.6 Å². The van der Waals surface area contributed by atoms with Gasteiger partial charge in [0.15, 0.2) is 12.2 Å². The number of hydrogen-bond acceptors (Lipinski definition) is 7. The van der Waals surface area contributed by atoms with E-state index >= 15 is 0 Å². The van der Waals surface area contributed by atoms with Crippen molar-refractivity contribution in [1.82, 2.24) is 0 Å². The number of carbonyl (C=O) groups is 3. The van der Waals surface area contributed by atoms with Gasteiger partial charge in [0.1, 0.15) is 0 Å². The van der Waals surface area contributed by atoms with E-state index in [4.69, 9.17) is 14.2 Å². The molecule has 0 rings (SSSR count). The quantitative estimate of drug-likeness (QED) is 0.211. The highest BCUT2D eigenvalue weighted by Gasteiger charge is 2.44. The molecule has 19 heavy (non-hydrogen) atoms. The summed E-state index contributed by atoms with van der Waals surface area (Å²) in [6.45, 7) is 5.47. The molecule has 0 aromatic carbocycles. The summed E-state index contributed by atoms with van der Waals surface area (Å²) in [5.41, 5.74) is -1.58. The lowest BCUT2D eigenvalue weighted by atomic mass is 9.92. The van der Waals surface area contributed by atoms with Crippen molar-refractivity contribution in [1.29, 1.82) is 0 Å². The fourth-order valence-corrected chi connectivity index (χ4v) is 1.15. The van der Waals surface area contributed by atoms with Crippen LogP contribution in [0.2, 0.25) is 0 Å². The Labute approximate surface area is 112 Å². The van der Waals surface area contributed by atoms with Gasteiger partial charge in [0.2, 0.25) is 0 Å². The second-order valence-corrected chi connectivity index (χ2v) is 3.88. The third-order valence-electron chi connectivity index (χ3n) is 2.19. The van der Waals surface area contributed by atoms with Crippen molar-refractivity contribution in [3.8, 4) is 0 Å². The Kier molecular flexibility index (Phi) is 7.74. The topological polar surface area (TPSA) is 88.1 Å². The maximum Gasteiger partial charge on any atom is 0.325 e.